The average Bonchev–Trinajstić information content (AvgIpc) is 3.25. The molecule has 3 heterocycles. The molecule has 0 aliphatic carbocycles. The Morgan fingerprint density at radius 1 is 1.12 bits per heavy atom. The highest BCUT2D eigenvalue weighted by Gasteiger charge is 2.15. The van der Waals surface area contributed by atoms with Gasteiger partial charge in [0.25, 0.3) is 11.5 Å². The Kier molecular flexibility index (Phi) is 3.20. The van der Waals surface area contributed by atoms with E-state index in [2.05, 4.69) is 30.5 Å². The third-order valence-corrected chi connectivity index (χ3v) is 3.67. The number of rotatable bonds is 3. The van der Waals surface area contributed by atoms with Crippen LogP contribution in [0.25, 0.3) is 22.2 Å². The Hall–Kier alpha value is -3.68. The van der Waals surface area contributed by atoms with Crippen LogP contribution in [0, 0.1) is 0 Å². The lowest BCUT2D eigenvalue weighted by atomic mass is 10.1. The number of hydrogen-bond donors (Lipinski definition) is 4. The Morgan fingerprint density at radius 3 is 2.88 bits per heavy atom. The number of aromatic nitrogens is 5. The molecule has 3 aromatic heterocycles. The van der Waals surface area contributed by atoms with Crippen molar-refractivity contribution in [1.29, 1.82) is 0 Å². The third-order valence-electron chi connectivity index (χ3n) is 3.67. The lowest BCUT2D eigenvalue weighted by molar-refractivity contribution is 0.102. The molecular formula is C16H12N6O2. The van der Waals surface area contributed by atoms with E-state index in [0.717, 1.165) is 11.1 Å². The standard InChI is InChI=1S/C16H12N6O2/c23-15(12-7-17-14-13(12)16(24)19-8-18-14)22-11-3-1-2-9(4-11)10-5-20-21-6-10/h1-8H,(H,20,21)(H,22,23)(H2,17,18,19,24). The van der Waals surface area contributed by atoms with Crippen LogP contribution in [0.5, 0.6) is 0 Å². The van der Waals surface area contributed by atoms with Gasteiger partial charge in [-0.1, -0.05) is 12.1 Å². The van der Waals surface area contributed by atoms with Gasteiger partial charge in [-0.15, -0.1) is 0 Å². The summed E-state index contributed by atoms with van der Waals surface area (Å²) in [6.07, 6.45) is 6.23. The third kappa shape index (κ3) is 2.35. The SMILES string of the molecule is O=C(Nc1cccc(-c2cn[nH]c2)c1)c1c[nH]c2nc[nH]c(=O)c12. The zero-order chi connectivity index (χ0) is 16.5. The van der Waals surface area contributed by atoms with Gasteiger partial charge in [0.1, 0.15) is 5.65 Å². The number of aromatic amines is 3. The number of nitrogens with zero attached hydrogens (tertiary/aromatic N) is 2. The van der Waals surface area contributed by atoms with E-state index in [1.54, 1.807) is 18.5 Å². The summed E-state index contributed by atoms with van der Waals surface area (Å²) in [5.74, 6) is -0.385. The van der Waals surface area contributed by atoms with Crippen LogP contribution in [-0.2, 0) is 0 Å². The summed E-state index contributed by atoms with van der Waals surface area (Å²) in [7, 11) is 0. The van der Waals surface area contributed by atoms with Crippen molar-refractivity contribution >= 4 is 22.6 Å². The molecule has 4 N–H and O–H groups in total. The minimum absolute atomic E-state index is 0.237. The van der Waals surface area contributed by atoms with Gasteiger partial charge >= 0.3 is 0 Å². The Bertz CT molecular complexity index is 1080. The number of amides is 1. The summed E-state index contributed by atoms with van der Waals surface area (Å²) in [4.78, 5) is 33.7. The molecule has 0 bridgehead atoms. The molecule has 8 heteroatoms. The van der Waals surface area contributed by atoms with E-state index < -0.39 is 0 Å². The molecule has 0 unspecified atom stereocenters. The largest absolute Gasteiger partial charge is 0.345 e. The molecule has 4 rings (SSSR count). The molecule has 0 radical (unpaired) electrons. The molecule has 0 spiro atoms. The van der Waals surface area contributed by atoms with Gasteiger partial charge < -0.3 is 15.3 Å². The minimum Gasteiger partial charge on any atom is -0.345 e. The van der Waals surface area contributed by atoms with Crippen molar-refractivity contribution in [2.75, 3.05) is 5.32 Å². The first-order chi connectivity index (χ1) is 11.7. The number of anilines is 1. The topological polar surface area (TPSA) is 119 Å². The quantitative estimate of drug-likeness (QED) is 0.461. The molecule has 1 aromatic carbocycles. The zero-order valence-electron chi connectivity index (χ0n) is 12.3. The molecule has 118 valence electrons. The van der Waals surface area contributed by atoms with Gasteiger partial charge in [0.05, 0.1) is 23.5 Å². The number of nitrogens with one attached hydrogen (secondary N) is 4. The van der Waals surface area contributed by atoms with Crippen LogP contribution in [-0.4, -0.2) is 31.1 Å². The number of fused-ring (bicyclic) bond motifs is 1. The van der Waals surface area contributed by atoms with E-state index in [-0.39, 0.29) is 22.4 Å². The predicted molar refractivity (Wildman–Crippen MR) is 88.7 cm³/mol. The first-order valence-corrected chi connectivity index (χ1v) is 7.18. The predicted octanol–water partition coefficient (Wildman–Crippen LogP) is 1.89. The number of carbonyl (C=O) groups excluding carboxylic acids is 1. The molecule has 0 saturated heterocycles. The highest BCUT2D eigenvalue weighted by molar-refractivity contribution is 6.12. The van der Waals surface area contributed by atoms with Crippen LogP contribution >= 0.6 is 0 Å². The van der Waals surface area contributed by atoms with Gasteiger partial charge in [-0.3, -0.25) is 14.7 Å². The van der Waals surface area contributed by atoms with Gasteiger partial charge in [-0.05, 0) is 17.7 Å². The summed E-state index contributed by atoms with van der Waals surface area (Å²) in [6, 6.07) is 7.36. The van der Waals surface area contributed by atoms with Crippen LogP contribution < -0.4 is 10.9 Å². The van der Waals surface area contributed by atoms with Crippen LogP contribution in [0.3, 0.4) is 0 Å². The van der Waals surface area contributed by atoms with Crippen molar-refractivity contribution < 1.29 is 4.79 Å². The summed E-state index contributed by atoms with van der Waals surface area (Å²) < 4.78 is 0. The van der Waals surface area contributed by atoms with E-state index in [0.29, 0.717) is 11.3 Å². The van der Waals surface area contributed by atoms with E-state index >= 15 is 0 Å². The van der Waals surface area contributed by atoms with Crippen LogP contribution in [0.4, 0.5) is 5.69 Å². The van der Waals surface area contributed by atoms with Crippen molar-refractivity contribution in [2.45, 2.75) is 0 Å². The maximum absolute atomic E-state index is 12.5. The molecular weight excluding hydrogens is 308 g/mol. The number of H-pyrrole nitrogens is 3. The molecule has 0 aliphatic rings. The Morgan fingerprint density at radius 2 is 2.04 bits per heavy atom. The zero-order valence-corrected chi connectivity index (χ0v) is 12.3. The van der Waals surface area contributed by atoms with Crippen LogP contribution in [0.1, 0.15) is 10.4 Å². The first kappa shape index (κ1) is 13.9. The first-order valence-electron chi connectivity index (χ1n) is 7.18. The number of hydrogen-bond acceptors (Lipinski definition) is 4. The normalized spacial score (nSPS) is 10.8. The second-order valence-electron chi connectivity index (χ2n) is 5.18. The van der Waals surface area contributed by atoms with Crippen molar-refractivity contribution in [2.24, 2.45) is 0 Å². The van der Waals surface area contributed by atoms with Gasteiger partial charge in [0.2, 0.25) is 0 Å². The Balaban J connectivity index is 1.67. The van der Waals surface area contributed by atoms with E-state index in [1.807, 2.05) is 18.2 Å². The van der Waals surface area contributed by atoms with E-state index in [9.17, 15) is 9.59 Å². The minimum atomic E-state index is -0.385. The second kappa shape index (κ2) is 5.51. The summed E-state index contributed by atoms with van der Waals surface area (Å²) in [5.41, 5.74) is 2.70. The fraction of sp³-hybridized carbons (Fsp3) is 0. The van der Waals surface area contributed by atoms with Crippen molar-refractivity contribution in [3.05, 3.63) is 65.1 Å². The molecule has 4 aromatic rings. The summed E-state index contributed by atoms with van der Waals surface area (Å²) in [5, 5.41) is 9.70. The van der Waals surface area contributed by atoms with Gasteiger partial charge in [0.15, 0.2) is 0 Å². The van der Waals surface area contributed by atoms with Gasteiger partial charge in [0, 0.05) is 23.6 Å². The van der Waals surface area contributed by atoms with Crippen molar-refractivity contribution in [1.82, 2.24) is 25.1 Å². The molecule has 8 nitrogen and oxygen atoms in total. The van der Waals surface area contributed by atoms with Gasteiger partial charge in [-0.25, -0.2) is 4.98 Å². The summed E-state index contributed by atoms with van der Waals surface area (Å²) in [6.45, 7) is 0. The smallest absolute Gasteiger partial charge is 0.261 e. The highest BCUT2D eigenvalue weighted by Crippen LogP contribution is 2.22. The summed E-state index contributed by atoms with van der Waals surface area (Å²) >= 11 is 0. The fourth-order valence-electron chi connectivity index (χ4n) is 2.53. The molecule has 0 aliphatic heterocycles. The van der Waals surface area contributed by atoms with Crippen molar-refractivity contribution in [3.63, 3.8) is 0 Å². The molecule has 0 atom stereocenters. The Labute approximate surface area is 135 Å². The van der Waals surface area contributed by atoms with Crippen LogP contribution in [0.15, 0.2) is 54.0 Å². The average molecular weight is 320 g/mol. The molecule has 24 heavy (non-hydrogen) atoms. The van der Waals surface area contributed by atoms with E-state index in [1.165, 1.54) is 12.5 Å². The fourth-order valence-corrected chi connectivity index (χ4v) is 2.53. The molecule has 1 amide bonds. The van der Waals surface area contributed by atoms with E-state index in [4.69, 9.17) is 0 Å². The molecule has 0 fully saturated rings. The second-order valence-corrected chi connectivity index (χ2v) is 5.18. The maximum atomic E-state index is 12.5. The highest BCUT2D eigenvalue weighted by atomic mass is 16.2. The monoisotopic (exact) mass is 320 g/mol. The lowest BCUT2D eigenvalue weighted by Gasteiger charge is -2.06. The lowest BCUT2D eigenvalue weighted by Crippen LogP contribution is -2.15. The number of carbonyl (C=O) groups is 1. The van der Waals surface area contributed by atoms with Gasteiger partial charge in [-0.2, -0.15) is 5.10 Å². The maximum Gasteiger partial charge on any atom is 0.261 e. The van der Waals surface area contributed by atoms with Crippen molar-refractivity contribution in [3.8, 4) is 11.1 Å². The van der Waals surface area contributed by atoms with Crippen LogP contribution in [0.2, 0.25) is 0 Å². The number of benzene rings is 1. The molecule has 0 saturated carbocycles.